The van der Waals surface area contributed by atoms with Crippen molar-refractivity contribution in [3.8, 4) is 0 Å². The summed E-state index contributed by atoms with van der Waals surface area (Å²) < 4.78 is 2.08. The molecular formula is C23H28N4O3S. The predicted octanol–water partition coefficient (Wildman–Crippen LogP) is 4.05. The molecule has 0 radical (unpaired) electrons. The smallest absolute Gasteiger partial charge is 0.326 e. The number of benzene rings is 1. The number of aromatic nitrogens is 3. The minimum absolute atomic E-state index is 0.153. The number of rotatable bonds is 8. The minimum Gasteiger partial charge on any atom is -0.480 e. The normalized spacial score (nSPS) is 13.2. The van der Waals surface area contributed by atoms with E-state index in [0.717, 1.165) is 33.1 Å². The molecule has 0 saturated carbocycles. The summed E-state index contributed by atoms with van der Waals surface area (Å²) >= 11 is 1.57. The first kappa shape index (κ1) is 22.8. The van der Waals surface area contributed by atoms with E-state index in [0.29, 0.717) is 18.5 Å². The number of nitrogens with zero attached hydrogens (tertiary/aromatic N) is 3. The molecule has 2 atom stereocenters. The highest BCUT2D eigenvalue weighted by Gasteiger charge is 2.25. The number of thioether (sulfide) groups is 1. The fraction of sp³-hybridized carbons (Fsp3) is 0.391. The van der Waals surface area contributed by atoms with Crippen LogP contribution in [0.4, 0.5) is 0 Å². The Labute approximate surface area is 186 Å². The standard InChI is InChI=1S/C23H28N4O3S/c1-6-13(2)19(22(29)30)25-21(28)17-9-7-16(8-10-17)12-27-20-18(26-23(27)31-5)14(3)11-15(4)24-20/h7-11,13,19H,6,12H2,1-5H3,(H,25,28)(H,29,30)/t13-,19-/m0/s1. The molecule has 2 N–H and O–H groups in total. The number of amides is 1. The van der Waals surface area contributed by atoms with Crippen molar-refractivity contribution in [3.05, 3.63) is 52.7 Å². The Bertz CT molecular complexity index is 1110. The maximum Gasteiger partial charge on any atom is 0.326 e. The monoisotopic (exact) mass is 440 g/mol. The first-order chi connectivity index (χ1) is 14.7. The Morgan fingerprint density at radius 1 is 1.19 bits per heavy atom. The van der Waals surface area contributed by atoms with E-state index in [1.165, 1.54) is 0 Å². The van der Waals surface area contributed by atoms with Crippen molar-refractivity contribution in [1.29, 1.82) is 0 Å². The molecule has 0 saturated heterocycles. The van der Waals surface area contributed by atoms with Crippen LogP contribution < -0.4 is 5.32 Å². The van der Waals surface area contributed by atoms with Crippen LogP contribution in [0.1, 0.15) is 47.4 Å². The van der Waals surface area contributed by atoms with Crippen LogP contribution in [0.5, 0.6) is 0 Å². The van der Waals surface area contributed by atoms with E-state index in [4.69, 9.17) is 4.98 Å². The Morgan fingerprint density at radius 2 is 1.87 bits per heavy atom. The van der Waals surface area contributed by atoms with Gasteiger partial charge in [0.2, 0.25) is 0 Å². The fourth-order valence-corrected chi connectivity index (χ4v) is 4.09. The van der Waals surface area contributed by atoms with Gasteiger partial charge >= 0.3 is 5.97 Å². The number of imidazole rings is 1. The largest absolute Gasteiger partial charge is 0.480 e. The number of aryl methyl sites for hydroxylation is 2. The van der Waals surface area contributed by atoms with Gasteiger partial charge in [-0.05, 0) is 55.3 Å². The second kappa shape index (κ2) is 9.51. The number of fused-ring (bicyclic) bond motifs is 1. The number of carboxylic acids is 1. The number of pyridine rings is 1. The summed E-state index contributed by atoms with van der Waals surface area (Å²) in [5, 5.41) is 12.9. The summed E-state index contributed by atoms with van der Waals surface area (Å²) in [5.74, 6) is -1.56. The molecule has 8 heteroatoms. The summed E-state index contributed by atoms with van der Waals surface area (Å²) in [5.41, 5.74) is 5.22. The van der Waals surface area contributed by atoms with Crippen molar-refractivity contribution >= 4 is 34.8 Å². The highest BCUT2D eigenvalue weighted by atomic mass is 32.2. The van der Waals surface area contributed by atoms with E-state index in [9.17, 15) is 14.7 Å². The lowest BCUT2D eigenvalue weighted by Crippen LogP contribution is -2.45. The third-order valence-electron chi connectivity index (χ3n) is 5.49. The molecule has 7 nitrogen and oxygen atoms in total. The number of nitrogens with one attached hydrogen (secondary N) is 1. The number of hydrogen-bond donors (Lipinski definition) is 2. The summed E-state index contributed by atoms with van der Waals surface area (Å²) in [6, 6.07) is 8.33. The van der Waals surface area contributed by atoms with Crippen LogP contribution in [-0.4, -0.2) is 43.8 Å². The van der Waals surface area contributed by atoms with Crippen LogP contribution in [-0.2, 0) is 11.3 Å². The average Bonchev–Trinajstić information content (AvgIpc) is 3.09. The molecule has 0 aliphatic rings. The topological polar surface area (TPSA) is 97.1 Å². The second-order valence-electron chi connectivity index (χ2n) is 7.81. The molecule has 2 heterocycles. The van der Waals surface area contributed by atoms with Gasteiger partial charge in [-0.3, -0.25) is 9.36 Å². The maximum atomic E-state index is 12.6. The number of carboxylic acid groups (broad SMARTS) is 1. The molecule has 1 aromatic carbocycles. The van der Waals surface area contributed by atoms with Gasteiger partial charge in [-0.1, -0.05) is 44.2 Å². The highest BCUT2D eigenvalue weighted by Crippen LogP contribution is 2.25. The molecule has 0 aliphatic heterocycles. The number of carbonyl (C=O) groups is 2. The van der Waals surface area contributed by atoms with Gasteiger partial charge < -0.3 is 10.4 Å². The lowest BCUT2D eigenvalue weighted by atomic mass is 9.99. The van der Waals surface area contributed by atoms with Crippen molar-refractivity contribution in [1.82, 2.24) is 19.9 Å². The molecule has 0 spiro atoms. The van der Waals surface area contributed by atoms with Crippen molar-refractivity contribution in [2.75, 3.05) is 6.26 Å². The van der Waals surface area contributed by atoms with Crippen LogP contribution in [0.25, 0.3) is 11.2 Å². The SMILES string of the molecule is CC[C@H](C)[C@H](NC(=O)c1ccc(Cn2c(SC)nc3c(C)cc(C)nc32)cc1)C(=O)O. The van der Waals surface area contributed by atoms with Crippen molar-refractivity contribution < 1.29 is 14.7 Å². The van der Waals surface area contributed by atoms with E-state index < -0.39 is 12.0 Å². The van der Waals surface area contributed by atoms with Gasteiger partial charge in [-0.15, -0.1) is 0 Å². The lowest BCUT2D eigenvalue weighted by Gasteiger charge is -2.20. The summed E-state index contributed by atoms with van der Waals surface area (Å²) in [7, 11) is 0. The molecule has 2 aromatic heterocycles. The Morgan fingerprint density at radius 3 is 2.45 bits per heavy atom. The van der Waals surface area contributed by atoms with E-state index in [2.05, 4.69) is 14.9 Å². The Hall–Kier alpha value is -2.87. The van der Waals surface area contributed by atoms with E-state index >= 15 is 0 Å². The zero-order valence-corrected chi connectivity index (χ0v) is 19.3. The highest BCUT2D eigenvalue weighted by molar-refractivity contribution is 7.98. The molecule has 3 rings (SSSR count). The third-order valence-corrected chi connectivity index (χ3v) is 6.17. The third kappa shape index (κ3) is 4.90. The Balaban J connectivity index is 1.83. The van der Waals surface area contributed by atoms with Gasteiger partial charge in [0.05, 0.1) is 6.54 Å². The lowest BCUT2D eigenvalue weighted by molar-refractivity contribution is -0.140. The Kier molecular flexibility index (Phi) is 7.00. The van der Waals surface area contributed by atoms with E-state index in [1.807, 2.05) is 52.1 Å². The van der Waals surface area contributed by atoms with Gasteiger partial charge in [0.15, 0.2) is 10.8 Å². The molecule has 0 fully saturated rings. The van der Waals surface area contributed by atoms with Crippen molar-refractivity contribution in [3.63, 3.8) is 0 Å². The number of carbonyl (C=O) groups excluding carboxylic acids is 1. The van der Waals surface area contributed by atoms with E-state index in [1.54, 1.807) is 23.9 Å². The van der Waals surface area contributed by atoms with Gasteiger partial charge in [0.25, 0.3) is 5.91 Å². The van der Waals surface area contributed by atoms with Gasteiger partial charge in [-0.2, -0.15) is 0 Å². The van der Waals surface area contributed by atoms with Gasteiger partial charge in [0.1, 0.15) is 11.6 Å². The summed E-state index contributed by atoms with van der Waals surface area (Å²) in [6.45, 7) is 8.31. The molecule has 0 bridgehead atoms. The van der Waals surface area contributed by atoms with Crippen molar-refractivity contribution in [2.45, 2.75) is 51.9 Å². The maximum absolute atomic E-state index is 12.6. The molecular weight excluding hydrogens is 412 g/mol. The van der Waals surface area contributed by atoms with Gasteiger partial charge in [-0.25, -0.2) is 14.8 Å². The zero-order valence-electron chi connectivity index (χ0n) is 18.5. The van der Waals surface area contributed by atoms with E-state index in [-0.39, 0.29) is 11.8 Å². The molecule has 1 amide bonds. The molecule has 3 aromatic rings. The quantitative estimate of drug-likeness (QED) is 0.513. The van der Waals surface area contributed by atoms with Crippen LogP contribution in [0.3, 0.4) is 0 Å². The first-order valence-electron chi connectivity index (χ1n) is 10.3. The molecule has 0 aliphatic carbocycles. The van der Waals surface area contributed by atoms with Gasteiger partial charge in [0, 0.05) is 11.3 Å². The van der Waals surface area contributed by atoms with Crippen LogP contribution >= 0.6 is 11.8 Å². The second-order valence-corrected chi connectivity index (χ2v) is 8.58. The average molecular weight is 441 g/mol. The van der Waals surface area contributed by atoms with Crippen LogP contribution in [0, 0.1) is 19.8 Å². The zero-order chi connectivity index (χ0) is 22.7. The molecule has 0 unspecified atom stereocenters. The molecule has 164 valence electrons. The first-order valence-corrected chi connectivity index (χ1v) is 11.5. The molecule has 31 heavy (non-hydrogen) atoms. The fourth-order valence-electron chi connectivity index (χ4n) is 3.53. The van der Waals surface area contributed by atoms with Crippen molar-refractivity contribution in [2.24, 2.45) is 5.92 Å². The summed E-state index contributed by atoms with van der Waals surface area (Å²) in [6.07, 6.45) is 2.66. The van der Waals surface area contributed by atoms with Crippen LogP contribution in [0.2, 0.25) is 0 Å². The minimum atomic E-state index is -1.02. The number of hydrogen-bond acceptors (Lipinski definition) is 5. The number of aliphatic carboxylic acids is 1. The predicted molar refractivity (Wildman–Crippen MR) is 123 cm³/mol. The van der Waals surface area contributed by atoms with Crippen LogP contribution in [0.15, 0.2) is 35.5 Å². The summed E-state index contributed by atoms with van der Waals surface area (Å²) in [4.78, 5) is 33.5.